The van der Waals surface area contributed by atoms with Crippen LogP contribution in [-0.2, 0) is 9.59 Å². The Morgan fingerprint density at radius 2 is 1.84 bits per heavy atom. The van der Waals surface area contributed by atoms with E-state index < -0.39 is 35.7 Å². The second-order valence-corrected chi connectivity index (χ2v) is 6.95. The number of nitrogens with one attached hydrogen (secondary N) is 3. The van der Waals surface area contributed by atoms with Crippen LogP contribution in [0.3, 0.4) is 0 Å². The fraction of sp³-hybridized carbons (Fsp3) is 0.438. The van der Waals surface area contributed by atoms with E-state index in [9.17, 15) is 18.8 Å². The van der Waals surface area contributed by atoms with E-state index >= 15 is 0 Å². The molecule has 0 aromatic heterocycles. The first-order valence-electron chi connectivity index (χ1n) is 7.72. The summed E-state index contributed by atoms with van der Waals surface area (Å²) in [6.45, 7) is 5.21. The minimum atomic E-state index is -0.889. The number of rotatable bonds is 7. The molecule has 0 aliphatic carbocycles. The lowest BCUT2D eigenvalue weighted by atomic mass is 10.0. The second-order valence-electron chi connectivity index (χ2n) is 6.04. The van der Waals surface area contributed by atoms with Gasteiger partial charge in [-0.3, -0.25) is 9.59 Å². The number of anilines is 1. The van der Waals surface area contributed by atoms with Crippen molar-refractivity contribution in [3.63, 3.8) is 0 Å². The molecule has 2 atom stereocenters. The van der Waals surface area contributed by atoms with Crippen molar-refractivity contribution in [2.24, 2.45) is 11.7 Å². The summed E-state index contributed by atoms with van der Waals surface area (Å²) in [7, 11) is 0. The molecule has 4 amide bonds. The summed E-state index contributed by atoms with van der Waals surface area (Å²) >= 11 is 3.12. The molecule has 1 rings (SSSR count). The average molecular weight is 417 g/mol. The Kier molecular flexibility index (Phi) is 7.82. The van der Waals surface area contributed by atoms with Gasteiger partial charge in [0.15, 0.2) is 0 Å². The number of halogens is 2. The molecule has 0 unspecified atom stereocenters. The normalized spacial score (nSPS) is 13.0. The van der Waals surface area contributed by atoms with Gasteiger partial charge < -0.3 is 21.7 Å². The van der Waals surface area contributed by atoms with Crippen LogP contribution in [0.2, 0.25) is 0 Å². The molecule has 1 aromatic carbocycles. The minimum absolute atomic E-state index is 0.0186. The van der Waals surface area contributed by atoms with Crippen LogP contribution in [0.1, 0.15) is 27.2 Å². The maximum Gasteiger partial charge on any atom is 0.319 e. The first kappa shape index (κ1) is 20.9. The highest BCUT2D eigenvalue weighted by atomic mass is 79.9. The van der Waals surface area contributed by atoms with Crippen LogP contribution in [0.15, 0.2) is 22.7 Å². The van der Waals surface area contributed by atoms with Gasteiger partial charge >= 0.3 is 6.03 Å². The van der Waals surface area contributed by atoms with Crippen molar-refractivity contribution in [3.8, 4) is 0 Å². The van der Waals surface area contributed by atoms with Crippen LogP contribution < -0.4 is 21.7 Å². The average Bonchev–Trinajstić information content (AvgIpc) is 2.48. The van der Waals surface area contributed by atoms with Crippen molar-refractivity contribution >= 4 is 39.5 Å². The predicted octanol–water partition coefficient (Wildman–Crippen LogP) is 2.11. The SMILES string of the molecule is CC(C)C[C@H](NC(=O)Nc1ccc(Br)cc1F)C(=O)N[C@@H](C)C(N)=O. The molecule has 0 saturated heterocycles. The monoisotopic (exact) mass is 416 g/mol. The van der Waals surface area contributed by atoms with Crippen molar-refractivity contribution in [1.29, 1.82) is 0 Å². The maximum atomic E-state index is 13.8. The van der Waals surface area contributed by atoms with Gasteiger partial charge in [0, 0.05) is 4.47 Å². The van der Waals surface area contributed by atoms with E-state index in [0.29, 0.717) is 10.9 Å². The summed E-state index contributed by atoms with van der Waals surface area (Å²) in [6, 6.07) is 1.70. The summed E-state index contributed by atoms with van der Waals surface area (Å²) in [4.78, 5) is 35.4. The van der Waals surface area contributed by atoms with Gasteiger partial charge in [0.2, 0.25) is 11.8 Å². The summed E-state index contributed by atoms with van der Waals surface area (Å²) in [5.74, 6) is -1.73. The highest BCUT2D eigenvalue weighted by molar-refractivity contribution is 9.10. The van der Waals surface area contributed by atoms with Gasteiger partial charge in [-0.25, -0.2) is 9.18 Å². The molecule has 0 fully saturated rings. The van der Waals surface area contributed by atoms with Crippen LogP contribution in [-0.4, -0.2) is 29.9 Å². The van der Waals surface area contributed by atoms with Crippen molar-refractivity contribution in [1.82, 2.24) is 10.6 Å². The number of carbonyl (C=O) groups is 3. The molecule has 9 heteroatoms. The van der Waals surface area contributed by atoms with Gasteiger partial charge in [0.05, 0.1) is 5.69 Å². The van der Waals surface area contributed by atoms with E-state index in [0.717, 1.165) is 0 Å². The third-order valence-electron chi connectivity index (χ3n) is 3.29. The van der Waals surface area contributed by atoms with Crippen molar-refractivity contribution in [2.45, 2.75) is 39.3 Å². The predicted molar refractivity (Wildman–Crippen MR) is 96.3 cm³/mol. The lowest BCUT2D eigenvalue weighted by molar-refractivity contribution is -0.128. The van der Waals surface area contributed by atoms with Gasteiger partial charge in [-0.2, -0.15) is 0 Å². The number of nitrogens with two attached hydrogens (primary N) is 1. The van der Waals surface area contributed by atoms with Crippen molar-refractivity contribution in [2.75, 3.05) is 5.32 Å². The molecule has 0 spiro atoms. The van der Waals surface area contributed by atoms with E-state index in [-0.39, 0.29) is 11.6 Å². The zero-order valence-electron chi connectivity index (χ0n) is 14.2. The summed E-state index contributed by atoms with van der Waals surface area (Å²) < 4.78 is 14.3. The lowest BCUT2D eigenvalue weighted by Crippen LogP contribution is -2.53. The van der Waals surface area contributed by atoms with Crippen molar-refractivity contribution < 1.29 is 18.8 Å². The Bertz CT molecular complexity index is 654. The van der Waals surface area contributed by atoms with Gasteiger partial charge in [0.25, 0.3) is 0 Å². The van der Waals surface area contributed by atoms with Crippen LogP contribution >= 0.6 is 15.9 Å². The Labute approximate surface area is 154 Å². The van der Waals surface area contributed by atoms with E-state index in [4.69, 9.17) is 5.73 Å². The molecule has 0 bridgehead atoms. The fourth-order valence-corrected chi connectivity index (χ4v) is 2.33. The summed E-state index contributed by atoms with van der Waals surface area (Å²) in [5, 5.41) is 7.28. The van der Waals surface area contributed by atoms with E-state index in [1.54, 1.807) is 6.07 Å². The number of primary amides is 1. The Morgan fingerprint density at radius 3 is 2.36 bits per heavy atom. The molecular formula is C16H22BrFN4O3. The van der Waals surface area contributed by atoms with E-state index in [1.807, 2.05) is 13.8 Å². The molecule has 0 radical (unpaired) electrons. The molecule has 0 saturated carbocycles. The lowest BCUT2D eigenvalue weighted by Gasteiger charge is -2.22. The zero-order chi connectivity index (χ0) is 19.1. The van der Waals surface area contributed by atoms with Crippen LogP contribution in [0.4, 0.5) is 14.9 Å². The smallest absolute Gasteiger partial charge is 0.319 e. The first-order chi connectivity index (χ1) is 11.6. The largest absolute Gasteiger partial charge is 0.368 e. The van der Waals surface area contributed by atoms with E-state index in [1.165, 1.54) is 19.1 Å². The highest BCUT2D eigenvalue weighted by Crippen LogP contribution is 2.19. The zero-order valence-corrected chi connectivity index (χ0v) is 15.8. The molecule has 1 aromatic rings. The number of amides is 4. The molecule has 0 aliphatic heterocycles. The highest BCUT2D eigenvalue weighted by Gasteiger charge is 2.24. The van der Waals surface area contributed by atoms with Gasteiger partial charge in [-0.1, -0.05) is 29.8 Å². The van der Waals surface area contributed by atoms with Gasteiger partial charge in [0.1, 0.15) is 17.9 Å². The maximum absolute atomic E-state index is 13.8. The Morgan fingerprint density at radius 1 is 1.20 bits per heavy atom. The third-order valence-corrected chi connectivity index (χ3v) is 3.79. The Hall–Kier alpha value is -2.16. The minimum Gasteiger partial charge on any atom is -0.368 e. The number of carbonyl (C=O) groups excluding carboxylic acids is 3. The van der Waals surface area contributed by atoms with Gasteiger partial charge in [-0.05, 0) is 37.5 Å². The van der Waals surface area contributed by atoms with Gasteiger partial charge in [-0.15, -0.1) is 0 Å². The first-order valence-corrected chi connectivity index (χ1v) is 8.51. The Balaban J connectivity index is 2.77. The molecule has 5 N–H and O–H groups in total. The number of benzene rings is 1. The third kappa shape index (κ3) is 7.08. The molecule has 138 valence electrons. The van der Waals surface area contributed by atoms with Crippen LogP contribution in [0.25, 0.3) is 0 Å². The summed E-state index contributed by atoms with van der Waals surface area (Å²) in [5.41, 5.74) is 5.10. The second kappa shape index (κ2) is 9.36. The number of urea groups is 1. The molecular weight excluding hydrogens is 395 g/mol. The molecule has 0 aliphatic rings. The molecule has 25 heavy (non-hydrogen) atoms. The fourth-order valence-electron chi connectivity index (χ4n) is 2.00. The van der Waals surface area contributed by atoms with E-state index in [2.05, 4.69) is 31.9 Å². The summed E-state index contributed by atoms with van der Waals surface area (Å²) in [6.07, 6.45) is 0.341. The number of hydrogen-bond acceptors (Lipinski definition) is 3. The quantitative estimate of drug-likeness (QED) is 0.545. The van der Waals surface area contributed by atoms with Crippen LogP contribution in [0.5, 0.6) is 0 Å². The molecule has 7 nitrogen and oxygen atoms in total. The van der Waals surface area contributed by atoms with Crippen LogP contribution in [0, 0.1) is 11.7 Å². The van der Waals surface area contributed by atoms with Crippen molar-refractivity contribution in [3.05, 3.63) is 28.5 Å². The number of hydrogen-bond donors (Lipinski definition) is 4. The standard InChI is InChI=1S/C16H22BrFN4O3/c1-8(2)6-13(15(24)20-9(3)14(19)23)22-16(25)21-12-5-4-10(17)7-11(12)18/h4-5,7-9,13H,6H2,1-3H3,(H2,19,23)(H,20,24)(H2,21,22,25)/t9-,13-/m0/s1. The topological polar surface area (TPSA) is 113 Å². The molecule has 0 heterocycles.